The van der Waals surface area contributed by atoms with Gasteiger partial charge in [0.15, 0.2) is 22.4 Å². The van der Waals surface area contributed by atoms with Crippen LogP contribution in [-0.2, 0) is 4.79 Å². The van der Waals surface area contributed by atoms with Crippen molar-refractivity contribution in [2.45, 2.75) is 5.16 Å². The van der Waals surface area contributed by atoms with Gasteiger partial charge in [0.2, 0.25) is 5.91 Å². The number of hydrogen-bond donors (Lipinski definition) is 2. The Kier molecular flexibility index (Phi) is 5.46. The fraction of sp³-hybridized carbons (Fsp3) is 0.0526. The number of rotatable bonds is 5. The van der Waals surface area contributed by atoms with Crippen molar-refractivity contribution in [1.29, 1.82) is 0 Å². The number of thioether (sulfide) groups is 1. The predicted molar refractivity (Wildman–Crippen MR) is 105 cm³/mol. The summed E-state index contributed by atoms with van der Waals surface area (Å²) in [6.07, 6.45) is 1.24. The van der Waals surface area contributed by atoms with Crippen LogP contribution in [0.2, 0.25) is 0 Å². The molecule has 4 aromatic rings. The Morgan fingerprint density at radius 3 is 2.52 bits per heavy atom. The van der Waals surface area contributed by atoms with Gasteiger partial charge < -0.3 is 5.32 Å². The molecule has 0 spiro atoms. The SMILES string of the molecule is O=C(CSc1nc2[nH]ncc2c(=O)n1-c1ccc(F)c(F)c1)Nc1cc(F)cc(F)c1. The number of nitrogens with zero attached hydrogens (tertiary/aromatic N) is 3. The summed E-state index contributed by atoms with van der Waals surface area (Å²) in [5.74, 6) is -4.91. The summed E-state index contributed by atoms with van der Waals surface area (Å²) in [6.45, 7) is 0. The van der Waals surface area contributed by atoms with E-state index in [1.54, 1.807) is 0 Å². The van der Waals surface area contributed by atoms with E-state index in [9.17, 15) is 27.2 Å². The van der Waals surface area contributed by atoms with E-state index in [2.05, 4.69) is 20.5 Å². The molecule has 0 aliphatic carbocycles. The van der Waals surface area contributed by atoms with Crippen molar-refractivity contribution in [1.82, 2.24) is 19.7 Å². The fourth-order valence-corrected chi connectivity index (χ4v) is 3.58. The van der Waals surface area contributed by atoms with Crippen LogP contribution in [-0.4, -0.2) is 31.4 Å². The third-order valence-corrected chi connectivity index (χ3v) is 5.03. The first-order chi connectivity index (χ1) is 14.8. The summed E-state index contributed by atoms with van der Waals surface area (Å²) in [5.41, 5.74) is -0.563. The topological polar surface area (TPSA) is 92.7 Å². The minimum absolute atomic E-state index is 0.00499. The number of hydrogen-bond acceptors (Lipinski definition) is 5. The van der Waals surface area contributed by atoms with E-state index in [1.165, 1.54) is 12.3 Å². The zero-order valence-corrected chi connectivity index (χ0v) is 16.1. The van der Waals surface area contributed by atoms with Crippen molar-refractivity contribution >= 4 is 34.4 Å². The normalized spacial score (nSPS) is 11.1. The van der Waals surface area contributed by atoms with Gasteiger partial charge in [-0.3, -0.25) is 19.3 Å². The average molecular weight is 449 g/mol. The first-order valence-electron chi connectivity index (χ1n) is 8.62. The predicted octanol–water partition coefficient (Wildman–Crippen LogP) is 3.40. The molecule has 31 heavy (non-hydrogen) atoms. The fourth-order valence-electron chi connectivity index (χ4n) is 2.78. The molecule has 0 atom stereocenters. The molecule has 0 saturated carbocycles. The maximum atomic E-state index is 13.7. The van der Waals surface area contributed by atoms with E-state index in [0.717, 1.165) is 40.6 Å². The Hall–Kier alpha value is -3.67. The lowest BCUT2D eigenvalue weighted by Crippen LogP contribution is -2.23. The standard InChI is InChI=1S/C19H11F4N5O2S/c20-9-3-10(21)5-11(4-9)25-16(29)8-31-19-26-17-13(7-24-27-17)18(30)28(19)12-1-2-14(22)15(23)6-12/h1-7H,8H2,(H,24,27)(H,25,29). The van der Waals surface area contributed by atoms with E-state index >= 15 is 0 Å². The summed E-state index contributed by atoms with van der Waals surface area (Å²) in [7, 11) is 0. The van der Waals surface area contributed by atoms with Gasteiger partial charge in [0, 0.05) is 17.8 Å². The molecule has 2 aromatic heterocycles. The molecule has 1 amide bonds. The maximum Gasteiger partial charge on any atom is 0.269 e. The van der Waals surface area contributed by atoms with Crippen LogP contribution in [0.15, 0.2) is 52.5 Å². The molecule has 158 valence electrons. The van der Waals surface area contributed by atoms with Crippen LogP contribution < -0.4 is 10.9 Å². The van der Waals surface area contributed by atoms with Crippen molar-refractivity contribution in [3.05, 3.63) is 76.2 Å². The molecular formula is C19H11F4N5O2S. The summed E-state index contributed by atoms with van der Waals surface area (Å²) in [6, 6.07) is 5.41. The first kappa shape index (κ1) is 20.6. The second-order valence-electron chi connectivity index (χ2n) is 6.26. The number of carbonyl (C=O) groups excluding carboxylic acids is 1. The molecule has 2 heterocycles. The molecule has 0 fully saturated rings. The Balaban J connectivity index is 1.65. The molecular weight excluding hydrogens is 438 g/mol. The highest BCUT2D eigenvalue weighted by molar-refractivity contribution is 7.99. The lowest BCUT2D eigenvalue weighted by molar-refractivity contribution is -0.113. The summed E-state index contributed by atoms with van der Waals surface area (Å²) < 4.78 is 54.7. The van der Waals surface area contributed by atoms with Gasteiger partial charge in [0.1, 0.15) is 17.0 Å². The van der Waals surface area contributed by atoms with Crippen LogP contribution in [0.4, 0.5) is 23.2 Å². The van der Waals surface area contributed by atoms with Crippen LogP contribution in [0.3, 0.4) is 0 Å². The second-order valence-corrected chi connectivity index (χ2v) is 7.20. The van der Waals surface area contributed by atoms with Gasteiger partial charge in [-0.1, -0.05) is 11.8 Å². The summed E-state index contributed by atoms with van der Waals surface area (Å²) >= 11 is 0.808. The van der Waals surface area contributed by atoms with Gasteiger partial charge in [-0.25, -0.2) is 22.5 Å². The van der Waals surface area contributed by atoms with E-state index in [-0.39, 0.29) is 33.3 Å². The molecule has 0 saturated heterocycles. The van der Waals surface area contributed by atoms with E-state index in [0.29, 0.717) is 6.07 Å². The molecule has 0 unspecified atom stereocenters. The minimum Gasteiger partial charge on any atom is -0.325 e. The molecule has 7 nitrogen and oxygen atoms in total. The Labute approximate surface area is 175 Å². The van der Waals surface area contributed by atoms with E-state index in [1.807, 2.05) is 0 Å². The minimum atomic E-state index is -1.17. The van der Waals surface area contributed by atoms with Gasteiger partial charge in [-0.15, -0.1) is 0 Å². The molecule has 0 radical (unpaired) electrons. The number of anilines is 1. The molecule has 0 aliphatic rings. The highest BCUT2D eigenvalue weighted by Gasteiger charge is 2.17. The van der Waals surface area contributed by atoms with Gasteiger partial charge in [0.05, 0.1) is 17.6 Å². The van der Waals surface area contributed by atoms with Crippen LogP contribution in [0.1, 0.15) is 0 Å². The molecule has 2 N–H and O–H groups in total. The zero-order chi connectivity index (χ0) is 22.1. The van der Waals surface area contributed by atoms with Crippen molar-refractivity contribution in [2.24, 2.45) is 0 Å². The third-order valence-electron chi connectivity index (χ3n) is 4.09. The number of aromatic nitrogens is 4. The number of nitrogens with one attached hydrogen (secondary N) is 2. The van der Waals surface area contributed by atoms with Crippen molar-refractivity contribution in [3.8, 4) is 5.69 Å². The van der Waals surface area contributed by atoms with Crippen molar-refractivity contribution in [3.63, 3.8) is 0 Å². The first-order valence-corrected chi connectivity index (χ1v) is 9.60. The molecule has 0 bridgehead atoms. The molecule has 12 heteroatoms. The maximum absolute atomic E-state index is 13.7. The number of benzene rings is 2. The van der Waals surface area contributed by atoms with Crippen LogP contribution >= 0.6 is 11.8 Å². The number of fused-ring (bicyclic) bond motifs is 1. The monoisotopic (exact) mass is 449 g/mol. The summed E-state index contributed by atoms with van der Waals surface area (Å²) in [4.78, 5) is 29.3. The second kappa shape index (κ2) is 8.22. The quantitative estimate of drug-likeness (QED) is 0.277. The third kappa shape index (κ3) is 4.28. The van der Waals surface area contributed by atoms with Crippen LogP contribution in [0.25, 0.3) is 16.7 Å². The number of aromatic amines is 1. The number of carbonyl (C=O) groups is 1. The molecule has 2 aromatic carbocycles. The largest absolute Gasteiger partial charge is 0.325 e. The van der Waals surface area contributed by atoms with Gasteiger partial charge >= 0.3 is 0 Å². The van der Waals surface area contributed by atoms with Gasteiger partial charge in [0.25, 0.3) is 5.56 Å². The Morgan fingerprint density at radius 2 is 1.81 bits per heavy atom. The highest BCUT2D eigenvalue weighted by atomic mass is 32.2. The van der Waals surface area contributed by atoms with Crippen molar-refractivity contribution in [2.75, 3.05) is 11.1 Å². The number of amides is 1. The van der Waals surface area contributed by atoms with E-state index in [4.69, 9.17) is 0 Å². The van der Waals surface area contributed by atoms with Crippen LogP contribution in [0, 0.1) is 23.3 Å². The molecule has 4 rings (SSSR count). The lowest BCUT2D eigenvalue weighted by Gasteiger charge is -2.12. The van der Waals surface area contributed by atoms with E-state index < -0.39 is 34.7 Å². The Morgan fingerprint density at radius 1 is 1.06 bits per heavy atom. The zero-order valence-electron chi connectivity index (χ0n) is 15.3. The smallest absolute Gasteiger partial charge is 0.269 e. The van der Waals surface area contributed by atoms with Gasteiger partial charge in [-0.2, -0.15) is 5.10 Å². The van der Waals surface area contributed by atoms with Crippen LogP contribution in [0.5, 0.6) is 0 Å². The highest BCUT2D eigenvalue weighted by Crippen LogP contribution is 2.22. The Bertz CT molecular complexity index is 1350. The van der Waals surface area contributed by atoms with Crippen molar-refractivity contribution < 1.29 is 22.4 Å². The lowest BCUT2D eigenvalue weighted by atomic mass is 10.3. The number of H-pyrrole nitrogens is 1. The molecule has 0 aliphatic heterocycles. The number of halogens is 4. The average Bonchev–Trinajstić information content (AvgIpc) is 3.17. The summed E-state index contributed by atoms with van der Waals surface area (Å²) in [5, 5.41) is 8.71. The van der Waals surface area contributed by atoms with Gasteiger partial charge in [-0.05, 0) is 24.3 Å².